The van der Waals surface area contributed by atoms with Crippen LogP contribution in [0.25, 0.3) is 0 Å². The smallest absolute Gasteiger partial charge is 0.258 e. The summed E-state index contributed by atoms with van der Waals surface area (Å²) in [4.78, 5) is 23.6. The Bertz CT molecular complexity index is 731. The Hall–Kier alpha value is -3.22. The Kier molecular flexibility index (Phi) is 7.30. The molecule has 138 valence electrons. The Morgan fingerprint density at radius 2 is 1.54 bits per heavy atom. The lowest BCUT2D eigenvalue weighted by Crippen LogP contribution is -2.38. The highest BCUT2D eigenvalue weighted by Crippen LogP contribution is 2.17. The molecule has 7 heteroatoms. The number of benzene rings is 2. The van der Waals surface area contributed by atoms with Crippen LogP contribution in [0.3, 0.4) is 0 Å². The first-order chi connectivity index (χ1) is 12.6. The number of para-hydroxylation sites is 1. The molecule has 0 aliphatic carbocycles. The SMILES string of the molecule is COc1ccc(OCC(=O)NCC(=O)NCc2ccccc2OC)cc1. The minimum absolute atomic E-state index is 0.125. The quantitative estimate of drug-likeness (QED) is 0.710. The van der Waals surface area contributed by atoms with Crippen LogP contribution in [0.5, 0.6) is 17.2 Å². The molecule has 0 unspecified atom stereocenters. The molecule has 0 heterocycles. The van der Waals surface area contributed by atoms with E-state index in [0.29, 0.717) is 23.8 Å². The van der Waals surface area contributed by atoms with Gasteiger partial charge in [0.2, 0.25) is 5.91 Å². The summed E-state index contributed by atoms with van der Waals surface area (Å²) in [6.07, 6.45) is 0. The number of carbonyl (C=O) groups excluding carboxylic acids is 2. The molecule has 0 radical (unpaired) electrons. The maximum atomic E-state index is 11.8. The molecule has 2 aromatic carbocycles. The van der Waals surface area contributed by atoms with Gasteiger partial charge in [-0.05, 0) is 30.3 Å². The van der Waals surface area contributed by atoms with Crippen LogP contribution in [-0.4, -0.2) is 39.2 Å². The van der Waals surface area contributed by atoms with Crippen LogP contribution in [-0.2, 0) is 16.1 Å². The van der Waals surface area contributed by atoms with Gasteiger partial charge >= 0.3 is 0 Å². The van der Waals surface area contributed by atoms with Crippen LogP contribution in [0.4, 0.5) is 0 Å². The summed E-state index contributed by atoms with van der Waals surface area (Å²) in [5.74, 6) is 1.27. The lowest BCUT2D eigenvalue weighted by atomic mass is 10.2. The number of carbonyl (C=O) groups is 2. The molecule has 2 rings (SSSR count). The predicted octanol–water partition coefficient (Wildman–Crippen LogP) is 1.52. The monoisotopic (exact) mass is 358 g/mol. The van der Waals surface area contributed by atoms with Crippen molar-refractivity contribution >= 4 is 11.8 Å². The van der Waals surface area contributed by atoms with E-state index in [9.17, 15) is 9.59 Å². The van der Waals surface area contributed by atoms with Crippen molar-refractivity contribution in [2.45, 2.75) is 6.54 Å². The first-order valence-electron chi connectivity index (χ1n) is 8.04. The second-order valence-electron chi connectivity index (χ2n) is 5.33. The number of ether oxygens (including phenoxy) is 3. The molecule has 0 fully saturated rings. The number of amides is 2. The van der Waals surface area contributed by atoms with E-state index in [-0.39, 0.29) is 25.0 Å². The summed E-state index contributed by atoms with van der Waals surface area (Å²) in [7, 11) is 3.14. The first-order valence-corrected chi connectivity index (χ1v) is 8.04. The maximum Gasteiger partial charge on any atom is 0.258 e. The molecule has 0 bridgehead atoms. The maximum absolute atomic E-state index is 11.8. The molecule has 26 heavy (non-hydrogen) atoms. The highest BCUT2D eigenvalue weighted by Gasteiger charge is 2.08. The molecule has 0 saturated carbocycles. The van der Waals surface area contributed by atoms with E-state index < -0.39 is 0 Å². The number of hydrogen-bond donors (Lipinski definition) is 2. The van der Waals surface area contributed by atoms with Gasteiger partial charge in [0.05, 0.1) is 20.8 Å². The summed E-state index contributed by atoms with van der Waals surface area (Å²) in [6.45, 7) is 0.0210. The molecular formula is C19H22N2O5. The Labute approximate surface area is 152 Å². The Balaban J connectivity index is 1.68. The van der Waals surface area contributed by atoms with E-state index >= 15 is 0 Å². The molecule has 0 atom stereocenters. The van der Waals surface area contributed by atoms with Crippen LogP contribution in [0, 0.1) is 0 Å². The second kappa shape index (κ2) is 9.93. The van der Waals surface area contributed by atoms with Crippen molar-refractivity contribution in [2.24, 2.45) is 0 Å². The Morgan fingerprint density at radius 1 is 0.846 bits per heavy atom. The molecule has 2 aromatic rings. The fourth-order valence-corrected chi connectivity index (χ4v) is 2.16. The molecule has 0 spiro atoms. The zero-order valence-corrected chi connectivity index (χ0v) is 14.8. The van der Waals surface area contributed by atoms with Gasteiger partial charge in [-0.15, -0.1) is 0 Å². The molecule has 0 saturated heterocycles. The summed E-state index contributed by atoms with van der Waals surface area (Å²) in [5.41, 5.74) is 0.859. The normalized spacial score (nSPS) is 9.92. The van der Waals surface area contributed by atoms with E-state index in [1.165, 1.54) is 0 Å². The third-order valence-corrected chi connectivity index (χ3v) is 3.54. The van der Waals surface area contributed by atoms with Crippen molar-refractivity contribution in [1.82, 2.24) is 10.6 Å². The average molecular weight is 358 g/mol. The van der Waals surface area contributed by atoms with Gasteiger partial charge in [0.15, 0.2) is 6.61 Å². The molecule has 0 aromatic heterocycles. The van der Waals surface area contributed by atoms with Crippen molar-refractivity contribution in [2.75, 3.05) is 27.4 Å². The van der Waals surface area contributed by atoms with Gasteiger partial charge in [0, 0.05) is 12.1 Å². The minimum Gasteiger partial charge on any atom is -0.497 e. The highest BCUT2D eigenvalue weighted by atomic mass is 16.5. The van der Waals surface area contributed by atoms with Gasteiger partial charge in [0.1, 0.15) is 17.2 Å². The van der Waals surface area contributed by atoms with E-state index in [1.807, 2.05) is 24.3 Å². The van der Waals surface area contributed by atoms with Gasteiger partial charge < -0.3 is 24.8 Å². The van der Waals surface area contributed by atoms with Crippen molar-refractivity contribution in [1.29, 1.82) is 0 Å². The van der Waals surface area contributed by atoms with Gasteiger partial charge in [-0.25, -0.2) is 0 Å². The van der Waals surface area contributed by atoms with E-state index in [1.54, 1.807) is 38.5 Å². The molecular weight excluding hydrogens is 336 g/mol. The number of methoxy groups -OCH3 is 2. The molecule has 0 aliphatic rings. The zero-order valence-electron chi connectivity index (χ0n) is 14.8. The third kappa shape index (κ3) is 6.01. The average Bonchev–Trinajstić information content (AvgIpc) is 2.69. The summed E-state index contributed by atoms with van der Waals surface area (Å²) >= 11 is 0. The van der Waals surface area contributed by atoms with Crippen molar-refractivity contribution < 1.29 is 23.8 Å². The van der Waals surface area contributed by atoms with Gasteiger partial charge in [-0.3, -0.25) is 9.59 Å². The topological polar surface area (TPSA) is 85.9 Å². The largest absolute Gasteiger partial charge is 0.497 e. The standard InChI is InChI=1S/C19H22N2O5/c1-24-15-7-9-16(10-8-15)26-13-19(23)21-12-18(22)20-11-14-5-3-4-6-17(14)25-2/h3-10H,11-13H2,1-2H3,(H,20,22)(H,21,23). The van der Waals surface area contributed by atoms with Crippen LogP contribution in [0.15, 0.2) is 48.5 Å². The highest BCUT2D eigenvalue weighted by molar-refractivity contribution is 5.85. The van der Waals surface area contributed by atoms with Crippen molar-refractivity contribution in [3.8, 4) is 17.2 Å². The molecule has 2 amide bonds. The van der Waals surface area contributed by atoms with Crippen molar-refractivity contribution in [3.63, 3.8) is 0 Å². The lowest BCUT2D eigenvalue weighted by molar-refractivity contribution is -0.127. The number of hydrogen-bond acceptors (Lipinski definition) is 5. The fourth-order valence-electron chi connectivity index (χ4n) is 2.16. The van der Waals surface area contributed by atoms with E-state index in [4.69, 9.17) is 14.2 Å². The van der Waals surface area contributed by atoms with Crippen LogP contribution in [0.2, 0.25) is 0 Å². The lowest BCUT2D eigenvalue weighted by Gasteiger charge is -2.10. The van der Waals surface area contributed by atoms with Gasteiger partial charge in [-0.1, -0.05) is 18.2 Å². The van der Waals surface area contributed by atoms with E-state index in [0.717, 1.165) is 5.56 Å². The molecule has 2 N–H and O–H groups in total. The molecule has 7 nitrogen and oxygen atoms in total. The predicted molar refractivity (Wildman–Crippen MR) is 96.3 cm³/mol. The number of rotatable bonds is 9. The van der Waals surface area contributed by atoms with Crippen LogP contribution >= 0.6 is 0 Å². The first kappa shape index (κ1) is 19.1. The van der Waals surface area contributed by atoms with Gasteiger partial charge in [0.25, 0.3) is 5.91 Å². The second-order valence-corrected chi connectivity index (χ2v) is 5.33. The summed E-state index contributed by atoms with van der Waals surface area (Å²) < 4.78 is 15.6. The van der Waals surface area contributed by atoms with Crippen LogP contribution < -0.4 is 24.8 Å². The molecule has 0 aliphatic heterocycles. The third-order valence-electron chi connectivity index (χ3n) is 3.54. The van der Waals surface area contributed by atoms with Crippen LogP contribution in [0.1, 0.15) is 5.56 Å². The Morgan fingerprint density at radius 3 is 2.23 bits per heavy atom. The zero-order chi connectivity index (χ0) is 18.8. The number of nitrogens with one attached hydrogen (secondary N) is 2. The van der Waals surface area contributed by atoms with Gasteiger partial charge in [-0.2, -0.15) is 0 Å². The summed E-state index contributed by atoms with van der Waals surface area (Å²) in [6, 6.07) is 14.3. The minimum atomic E-state index is -0.381. The summed E-state index contributed by atoms with van der Waals surface area (Å²) in [5, 5.41) is 5.24. The fraction of sp³-hybridized carbons (Fsp3) is 0.263. The van der Waals surface area contributed by atoms with Crippen molar-refractivity contribution in [3.05, 3.63) is 54.1 Å². The van der Waals surface area contributed by atoms with E-state index in [2.05, 4.69) is 10.6 Å².